The maximum atomic E-state index is 13.6. The average molecular weight is 601 g/mol. The van der Waals surface area contributed by atoms with Gasteiger partial charge >= 0.3 is 0 Å². The highest BCUT2D eigenvalue weighted by Gasteiger charge is 2.37. The topological polar surface area (TPSA) is 72.9 Å². The number of likely N-dealkylation sites (tertiary alicyclic amines) is 2. The van der Waals surface area contributed by atoms with Crippen LogP contribution in [0.25, 0.3) is 0 Å². The van der Waals surface area contributed by atoms with Gasteiger partial charge in [-0.15, -0.1) is 0 Å². The lowest BCUT2D eigenvalue weighted by Gasteiger charge is -2.38. The Labute approximate surface area is 244 Å². The lowest BCUT2D eigenvalue weighted by atomic mass is 9.78. The third-order valence-electron chi connectivity index (χ3n) is 7.88. The van der Waals surface area contributed by atoms with Gasteiger partial charge in [0.05, 0.1) is 31.6 Å². The summed E-state index contributed by atoms with van der Waals surface area (Å²) >= 11 is 24.6. The second-order valence-corrected chi connectivity index (χ2v) is 12.0. The van der Waals surface area contributed by atoms with Crippen molar-refractivity contribution in [2.24, 2.45) is 0 Å². The van der Waals surface area contributed by atoms with Crippen LogP contribution in [-0.2, 0) is 15.0 Å². The van der Waals surface area contributed by atoms with Gasteiger partial charge < -0.3 is 20.2 Å². The van der Waals surface area contributed by atoms with E-state index in [0.29, 0.717) is 51.1 Å². The molecule has 2 heterocycles. The molecule has 0 saturated carbocycles. The Morgan fingerprint density at radius 1 is 1.03 bits per heavy atom. The molecule has 2 aliphatic rings. The first-order chi connectivity index (χ1) is 18.1. The second-order valence-electron chi connectivity index (χ2n) is 10.4. The number of carbonyl (C=O) groups is 2. The first kappa shape index (κ1) is 29.4. The van der Waals surface area contributed by atoms with Crippen molar-refractivity contribution >= 4 is 58.2 Å². The molecule has 2 amide bonds. The number of piperidine rings is 1. The summed E-state index contributed by atoms with van der Waals surface area (Å²) in [5.74, 6) is 0.0583. The normalized spacial score (nSPS) is 19.4. The third kappa shape index (κ3) is 6.78. The summed E-state index contributed by atoms with van der Waals surface area (Å²) in [6.45, 7) is 5.24. The number of amides is 2. The van der Waals surface area contributed by atoms with Gasteiger partial charge in [0.1, 0.15) is 0 Å². The molecule has 6 nitrogen and oxygen atoms in total. The number of benzene rings is 2. The lowest BCUT2D eigenvalue weighted by molar-refractivity contribution is -0.131. The number of rotatable bonds is 9. The van der Waals surface area contributed by atoms with Crippen molar-refractivity contribution < 1.29 is 14.7 Å². The monoisotopic (exact) mass is 599 g/mol. The molecule has 10 heteroatoms. The standard InChI is InChI=1S/C28H33Cl4N3O3/c1-28(19-5-7-22(30)24(32)16-19,27(38)33-17-25(36)18-4-6-21(29)23(31)15-18)10-14-34-12-8-20(9-13-34)35-11-2-3-26(35)37/h4-7,15-16,20,25,36H,2-3,8-14,17H2,1H3,(H,33,38). The van der Waals surface area contributed by atoms with Crippen molar-refractivity contribution in [2.45, 2.75) is 56.6 Å². The van der Waals surface area contributed by atoms with Gasteiger partial charge in [0.2, 0.25) is 11.8 Å². The minimum absolute atomic E-state index is 0.0168. The summed E-state index contributed by atoms with van der Waals surface area (Å²) < 4.78 is 0. The number of aliphatic hydroxyl groups excluding tert-OH is 1. The van der Waals surface area contributed by atoms with E-state index in [9.17, 15) is 14.7 Å². The number of nitrogens with one attached hydrogen (secondary N) is 1. The van der Waals surface area contributed by atoms with Gasteiger partial charge in [-0.25, -0.2) is 0 Å². The van der Waals surface area contributed by atoms with Gasteiger partial charge in [-0.2, -0.15) is 0 Å². The summed E-state index contributed by atoms with van der Waals surface area (Å²) in [5, 5.41) is 15.1. The Hall–Kier alpha value is -1.54. The Kier molecular flexibility index (Phi) is 9.88. The molecule has 2 aromatic rings. The SMILES string of the molecule is CC(CCN1CCC(N2CCCC2=O)CC1)(C(=O)NCC(O)c1ccc(Cl)c(Cl)c1)c1ccc(Cl)c(Cl)c1. The molecule has 2 aromatic carbocycles. The van der Waals surface area contributed by atoms with Crippen LogP contribution in [0.2, 0.25) is 20.1 Å². The average Bonchev–Trinajstić information content (AvgIpc) is 3.34. The van der Waals surface area contributed by atoms with E-state index in [4.69, 9.17) is 46.4 Å². The predicted octanol–water partition coefficient (Wildman–Crippen LogP) is 5.88. The van der Waals surface area contributed by atoms with E-state index in [1.54, 1.807) is 30.3 Å². The molecule has 2 unspecified atom stereocenters. The molecule has 4 rings (SSSR count). The maximum absolute atomic E-state index is 13.6. The van der Waals surface area contributed by atoms with Crippen LogP contribution < -0.4 is 5.32 Å². The first-order valence-corrected chi connectivity index (χ1v) is 14.5. The van der Waals surface area contributed by atoms with Gasteiger partial charge in [0.25, 0.3) is 0 Å². The smallest absolute Gasteiger partial charge is 0.230 e. The highest BCUT2D eigenvalue weighted by molar-refractivity contribution is 6.42. The highest BCUT2D eigenvalue weighted by Crippen LogP contribution is 2.34. The Balaban J connectivity index is 1.42. The van der Waals surface area contributed by atoms with E-state index < -0.39 is 11.5 Å². The lowest BCUT2D eigenvalue weighted by Crippen LogP contribution is -2.48. The zero-order chi connectivity index (χ0) is 27.4. The summed E-state index contributed by atoms with van der Waals surface area (Å²) in [5.41, 5.74) is 0.411. The van der Waals surface area contributed by atoms with Crippen molar-refractivity contribution in [2.75, 3.05) is 32.7 Å². The highest BCUT2D eigenvalue weighted by atomic mass is 35.5. The Morgan fingerprint density at radius 3 is 2.29 bits per heavy atom. The van der Waals surface area contributed by atoms with Crippen LogP contribution in [0.4, 0.5) is 0 Å². The van der Waals surface area contributed by atoms with Crippen molar-refractivity contribution in [3.63, 3.8) is 0 Å². The quantitative estimate of drug-likeness (QED) is 0.377. The molecule has 0 aliphatic carbocycles. The van der Waals surface area contributed by atoms with E-state index in [1.165, 1.54) is 0 Å². The fourth-order valence-corrected chi connectivity index (χ4v) is 5.95. The van der Waals surface area contributed by atoms with Crippen molar-refractivity contribution in [3.8, 4) is 0 Å². The minimum atomic E-state index is -0.945. The van der Waals surface area contributed by atoms with Crippen molar-refractivity contribution in [1.29, 1.82) is 0 Å². The van der Waals surface area contributed by atoms with E-state index in [-0.39, 0.29) is 18.4 Å². The van der Waals surface area contributed by atoms with Gasteiger partial charge in [0.15, 0.2) is 0 Å². The zero-order valence-corrected chi connectivity index (χ0v) is 24.4. The first-order valence-electron chi connectivity index (χ1n) is 13.0. The number of carbonyl (C=O) groups excluding carboxylic acids is 2. The van der Waals surface area contributed by atoms with E-state index in [2.05, 4.69) is 10.2 Å². The van der Waals surface area contributed by atoms with Crippen molar-refractivity contribution in [1.82, 2.24) is 15.1 Å². The van der Waals surface area contributed by atoms with Crippen LogP contribution in [0.15, 0.2) is 36.4 Å². The molecule has 0 radical (unpaired) electrons. The summed E-state index contributed by atoms with van der Waals surface area (Å²) in [6, 6.07) is 10.5. The molecule has 0 aromatic heterocycles. The third-order valence-corrected chi connectivity index (χ3v) is 9.36. The largest absolute Gasteiger partial charge is 0.387 e. The molecular weight excluding hydrogens is 568 g/mol. The number of hydrogen-bond donors (Lipinski definition) is 2. The molecule has 2 aliphatic heterocycles. The second kappa shape index (κ2) is 12.8. The Bertz CT molecular complexity index is 1170. The Morgan fingerprint density at radius 2 is 1.68 bits per heavy atom. The summed E-state index contributed by atoms with van der Waals surface area (Å²) in [4.78, 5) is 30.2. The molecule has 0 bridgehead atoms. The van der Waals surface area contributed by atoms with Gasteiger partial charge in [-0.3, -0.25) is 9.59 Å². The summed E-state index contributed by atoms with van der Waals surface area (Å²) in [6.07, 6.45) is 3.10. The molecule has 206 valence electrons. The van der Waals surface area contributed by atoms with Gasteiger partial charge in [-0.05, 0) is 74.5 Å². The number of halogens is 4. The van der Waals surface area contributed by atoms with E-state index in [1.807, 2.05) is 17.9 Å². The molecule has 2 N–H and O–H groups in total. The van der Waals surface area contributed by atoms with Crippen LogP contribution in [-0.4, -0.2) is 65.5 Å². The van der Waals surface area contributed by atoms with Crippen LogP contribution in [0, 0.1) is 0 Å². The minimum Gasteiger partial charge on any atom is -0.387 e. The number of nitrogens with zero attached hydrogens (tertiary/aromatic N) is 2. The number of aliphatic hydroxyl groups is 1. The molecule has 0 spiro atoms. The summed E-state index contributed by atoms with van der Waals surface area (Å²) in [7, 11) is 0. The molecule has 2 saturated heterocycles. The molecule has 2 fully saturated rings. The predicted molar refractivity (Wildman–Crippen MR) is 153 cm³/mol. The van der Waals surface area contributed by atoms with Gasteiger partial charge in [0, 0.05) is 38.6 Å². The van der Waals surface area contributed by atoms with Gasteiger partial charge in [-0.1, -0.05) is 58.5 Å². The van der Waals surface area contributed by atoms with Crippen LogP contribution >= 0.6 is 46.4 Å². The maximum Gasteiger partial charge on any atom is 0.230 e. The molecule has 38 heavy (non-hydrogen) atoms. The van der Waals surface area contributed by atoms with Crippen LogP contribution in [0.1, 0.15) is 56.3 Å². The fourth-order valence-electron chi connectivity index (χ4n) is 5.34. The molecule has 2 atom stereocenters. The fraction of sp³-hybridized carbons (Fsp3) is 0.500. The van der Waals surface area contributed by atoms with Crippen molar-refractivity contribution in [3.05, 3.63) is 67.6 Å². The zero-order valence-electron chi connectivity index (χ0n) is 21.4. The number of hydrogen-bond acceptors (Lipinski definition) is 4. The van der Waals surface area contributed by atoms with E-state index in [0.717, 1.165) is 44.5 Å². The van der Waals surface area contributed by atoms with Crippen LogP contribution in [0.3, 0.4) is 0 Å². The molecular formula is C28H33Cl4N3O3. The van der Waals surface area contributed by atoms with Crippen LogP contribution in [0.5, 0.6) is 0 Å². The van der Waals surface area contributed by atoms with E-state index >= 15 is 0 Å².